The van der Waals surface area contributed by atoms with Crippen molar-refractivity contribution in [3.8, 4) is 107 Å². The maximum Gasteiger partial charge on any atom is 0.100 e. The van der Waals surface area contributed by atoms with Gasteiger partial charge in [0, 0.05) is 93.7 Å². The molecule has 0 N–H and O–H groups in total. The summed E-state index contributed by atoms with van der Waals surface area (Å²) in [6, 6.07) is 132. The van der Waals surface area contributed by atoms with E-state index >= 15 is 0 Å². The molecule has 0 aliphatic rings. The van der Waals surface area contributed by atoms with E-state index in [0.717, 1.165) is 145 Å². The molecule has 5 aromatic heterocycles. The summed E-state index contributed by atoms with van der Waals surface area (Å²) in [5, 5.41) is 22.5. The van der Waals surface area contributed by atoms with Gasteiger partial charge >= 0.3 is 0 Å². The molecule has 0 amide bonds. The van der Waals surface area contributed by atoms with E-state index in [1.54, 1.807) is 0 Å². The third kappa shape index (κ3) is 9.45. The highest BCUT2D eigenvalue weighted by Gasteiger charge is 2.32. The Kier molecular flexibility index (Phi) is 13.8. The predicted molar refractivity (Wildman–Crippen MR) is 429 cm³/mol. The van der Waals surface area contributed by atoms with Crippen LogP contribution < -0.4 is 0 Å². The van der Waals surface area contributed by atoms with Gasteiger partial charge in [-0.2, -0.15) is 5.26 Å². The Morgan fingerprint density at radius 3 is 0.893 bits per heavy atom. The summed E-state index contributed by atoms with van der Waals surface area (Å²) in [7, 11) is 0. The first-order chi connectivity index (χ1) is 51.0. The quantitative estimate of drug-likeness (QED) is 0.130. The van der Waals surface area contributed by atoms with Gasteiger partial charge in [0.15, 0.2) is 0 Å². The van der Waals surface area contributed by atoms with E-state index < -0.39 is 0 Å². The lowest BCUT2D eigenvalue weighted by Gasteiger charge is -2.27. The third-order valence-electron chi connectivity index (χ3n) is 21.1. The van der Waals surface area contributed by atoms with E-state index in [1.807, 2.05) is 6.07 Å². The maximum absolute atomic E-state index is 13.0. The molecule has 20 aromatic rings. The molecule has 15 aromatic carbocycles. The second-order valence-electron chi connectivity index (χ2n) is 26.9. The zero-order valence-electron chi connectivity index (χ0n) is 56.2. The molecule has 0 bridgehead atoms. The molecule has 0 radical (unpaired) electrons. The highest BCUT2D eigenvalue weighted by Crippen LogP contribution is 2.55. The lowest BCUT2D eigenvalue weighted by molar-refractivity contribution is 1.18. The number of rotatable bonds is 11. The number of aromatic nitrogens is 5. The van der Waals surface area contributed by atoms with Gasteiger partial charge < -0.3 is 18.3 Å². The van der Waals surface area contributed by atoms with Crippen molar-refractivity contribution in [3.05, 3.63) is 369 Å². The average Bonchev–Trinajstić information content (AvgIpc) is 1.65. The Morgan fingerprint density at radius 1 is 0.243 bits per heavy atom. The molecular weight excluding hydrogens is 1250 g/mol. The van der Waals surface area contributed by atoms with Gasteiger partial charge in [-0.25, -0.2) is 4.98 Å². The standard InChI is InChI=1S/C97H62N6/c1-62-40-59-91-81(60-62)79-32-14-21-39-90(79)103(91)72-51-43-65(44-52-72)93-92(64-41-49-69(50-42-64)100-84-33-15-8-26-73(84)74-27-9-16-34-85(74)100)82(61-98)96(80-57-58-83(63-22-4-2-5-23-63)99-97(80)68-24-6-3-7-25-68)95(67-47-55-71(56-48-67)102-88-37-19-12-30-77(88)78-31-13-20-38-89(78)102)94(93)66-45-53-70(54-46-66)101-86-35-17-10-28-75(86)76-29-11-18-36-87(76)101/h2-60H,1H3. The summed E-state index contributed by atoms with van der Waals surface area (Å²) in [4.78, 5) is 5.73. The van der Waals surface area contributed by atoms with Crippen LogP contribution in [0.1, 0.15) is 11.1 Å². The normalized spacial score (nSPS) is 11.7. The van der Waals surface area contributed by atoms with Crippen molar-refractivity contribution in [1.82, 2.24) is 23.3 Å². The largest absolute Gasteiger partial charge is 0.309 e. The van der Waals surface area contributed by atoms with E-state index in [9.17, 15) is 5.26 Å². The smallest absolute Gasteiger partial charge is 0.100 e. The topological polar surface area (TPSA) is 56.4 Å². The fourth-order valence-corrected chi connectivity index (χ4v) is 16.6. The molecule has 0 atom stereocenters. The average molecular weight is 1310 g/mol. The van der Waals surface area contributed by atoms with Gasteiger partial charge in [-0.05, 0) is 161 Å². The minimum atomic E-state index is 0.528. The molecule has 0 saturated heterocycles. The molecule has 103 heavy (non-hydrogen) atoms. The zero-order valence-corrected chi connectivity index (χ0v) is 56.2. The Labute approximate surface area is 595 Å². The van der Waals surface area contributed by atoms with Crippen molar-refractivity contribution in [3.63, 3.8) is 0 Å². The van der Waals surface area contributed by atoms with Crippen LogP contribution in [0.4, 0.5) is 0 Å². The number of nitrogens with zero attached hydrogens (tertiary/aromatic N) is 6. The van der Waals surface area contributed by atoms with Crippen molar-refractivity contribution in [2.45, 2.75) is 6.92 Å². The predicted octanol–water partition coefficient (Wildman–Crippen LogP) is 25.3. The lowest BCUT2D eigenvalue weighted by Crippen LogP contribution is -2.05. The number of aryl methyl sites for hydroxylation is 1. The molecule has 0 fully saturated rings. The van der Waals surface area contributed by atoms with E-state index in [4.69, 9.17) is 4.98 Å². The number of para-hydroxylation sites is 7. The van der Waals surface area contributed by atoms with Crippen LogP contribution >= 0.6 is 0 Å². The van der Waals surface area contributed by atoms with Gasteiger partial charge in [-0.3, -0.25) is 0 Å². The van der Waals surface area contributed by atoms with Gasteiger partial charge in [0.1, 0.15) is 6.07 Å². The minimum absolute atomic E-state index is 0.528. The van der Waals surface area contributed by atoms with Gasteiger partial charge in [0.05, 0.1) is 61.1 Å². The van der Waals surface area contributed by atoms with Crippen LogP contribution in [-0.4, -0.2) is 23.3 Å². The molecule has 480 valence electrons. The van der Waals surface area contributed by atoms with Gasteiger partial charge in [-0.15, -0.1) is 0 Å². The SMILES string of the molecule is Cc1ccc2c(c1)c1ccccc1n2-c1ccc(-c2c(-c3ccc(-n4c5ccccc5c5ccccc54)cc3)c(C#N)c(-c3ccc(-c4ccccc4)nc3-c3ccccc3)c(-c3ccc(-n4c5ccccc5c5ccccc54)cc3)c2-c2ccc(-n3c4ccccc4c4ccccc43)cc2)cc1. The Bertz CT molecular complexity index is 6660. The second kappa shape index (κ2) is 24.0. The summed E-state index contributed by atoms with van der Waals surface area (Å²) in [5.74, 6) is 0. The molecule has 6 heteroatoms. The summed E-state index contributed by atoms with van der Waals surface area (Å²) in [5.41, 5.74) is 27.4. The van der Waals surface area contributed by atoms with Crippen LogP contribution in [0.15, 0.2) is 358 Å². The molecular formula is C97H62N6. The van der Waals surface area contributed by atoms with Gasteiger partial charge in [0.25, 0.3) is 0 Å². The molecule has 5 heterocycles. The summed E-state index contributed by atoms with van der Waals surface area (Å²) in [6.07, 6.45) is 0. The fourth-order valence-electron chi connectivity index (χ4n) is 16.6. The fraction of sp³-hybridized carbons (Fsp3) is 0.0103. The molecule has 0 saturated carbocycles. The van der Waals surface area contributed by atoms with E-state index in [0.29, 0.717) is 5.56 Å². The number of hydrogen-bond acceptors (Lipinski definition) is 2. The number of nitriles is 1. The first-order valence-electron chi connectivity index (χ1n) is 35.2. The second-order valence-corrected chi connectivity index (χ2v) is 26.9. The number of pyridine rings is 1. The number of benzene rings is 15. The van der Waals surface area contributed by atoms with E-state index in [2.05, 4.69) is 383 Å². The van der Waals surface area contributed by atoms with Crippen LogP contribution in [-0.2, 0) is 0 Å². The molecule has 0 aliphatic heterocycles. The van der Waals surface area contributed by atoms with Crippen molar-refractivity contribution < 1.29 is 0 Å². The summed E-state index contributed by atoms with van der Waals surface area (Å²) in [6.45, 7) is 2.17. The molecule has 0 spiro atoms. The molecule has 6 nitrogen and oxygen atoms in total. The Balaban J connectivity index is 0.924. The Hall–Kier alpha value is -13.9. The van der Waals surface area contributed by atoms with Crippen molar-refractivity contribution in [2.24, 2.45) is 0 Å². The van der Waals surface area contributed by atoms with Crippen LogP contribution in [0, 0.1) is 18.3 Å². The first kappa shape index (κ1) is 59.2. The Morgan fingerprint density at radius 2 is 0.534 bits per heavy atom. The van der Waals surface area contributed by atoms with Crippen molar-refractivity contribution >= 4 is 87.2 Å². The zero-order chi connectivity index (χ0) is 68.2. The molecule has 0 aliphatic carbocycles. The number of fused-ring (bicyclic) bond motifs is 12. The molecule has 20 rings (SSSR count). The summed E-state index contributed by atoms with van der Waals surface area (Å²) < 4.78 is 9.52. The van der Waals surface area contributed by atoms with Crippen LogP contribution in [0.5, 0.6) is 0 Å². The number of hydrogen-bond donors (Lipinski definition) is 0. The summed E-state index contributed by atoms with van der Waals surface area (Å²) >= 11 is 0. The van der Waals surface area contributed by atoms with Crippen LogP contribution in [0.2, 0.25) is 0 Å². The monoisotopic (exact) mass is 1310 g/mol. The van der Waals surface area contributed by atoms with Crippen LogP contribution in [0.25, 0.3) is 188 Å². The highest BCUT2D eigenvalue weighted by atomic mass is 15.0. The first-order valence-corrected chi connectivity index (χ1v) is 35.2. The lowest BCUT2D eigenvalue weighted by atomic mass is 9.75. The van der Waals surface area contributed by atoms with Gasteiger partial charge in [-0.1, -0.05) is 248 Å². The highest BCUT2D eigenvalue weighted by molar-refractivity contribution is 6.15. The molecule has 0 unspecified atom stereocenters. The van der Waals surface area contributed by atoms with Crippen molar-refractivity contribution in [2.75, 3.05) is 0 Å². The van der Waals surface area contributed by atoms with Crippen LogP contribution in [0.3, 0.4) is 0 Å². The van der Waals surface area contributed by atoms with E-state index in [1.165, 1.54) is 48.7 Å². The van der Waals surface area contributed by atoms with Gasteiger partial charge in [0.2, 0.25) is 0 Å². The van der Waals surface area contributed by atoms with E-state index in [-0.39, 0.29) is 0 Å². The maximum atomic E-state index is 13.0. The third-order valence-corrected chi connectivity index (χ3v) is 21.1. The van der Waals surface area contributed by atoms with Crippen molar-refractivity contribution in [1.29, 1.82) is 5.26 Å². The minimum Gasteiger partial charge on any atom is -0.309 e.